The highest BCUT2D eigenvalue weighted by molar-refractivity contribution is 5.98. The van der Waals surface area contributed by atoms with Crippen LogP contribution in [-0.2, 0) is 0 Å². The number of methoxy groups -OCH3 is 2. The van der Waals surface area contributed by atoms with Crippen LogP contribution in [0.5, 0.6) is 11.5 Å². The summed E-state index contributed by atoms with van der Waals surface area (Å²) in [6.45, 7) is 8.43. The first-order chi connectivity index (χ1) is 12.5. The Hall–Kier alpha value is -2.28. The number of carbonyl (C=O) groups excluding carboxylic acids is 2. The first-order valence-corrected chi connectivity index (χ1v) is 9.05. The molecule has 0 spiro atoms. The molecule has 1 fully saturated rings. The predicted octanol–water partition coefficient (Wildman–Crippen LogP) is 1.97. The number of piperazine rings is 1. The standard InChI is InChI=1S/C19H29N3O4/c1-5-21(6-2)19(24)22-11-9-20(10-12-22)14-16(23)15-7-8-17(25-3)18(13-15)26-4/h7-8,13H,5-6,9-12,14H2,1-4H3. The number of hydrogen-bond donors (Lipinski definition) is 0. The first-order valence-electron chi connectivity index (χ1n) is 9.05. The van der Waals surface area contributed by atoms with Gasteiger partial charge in [-0.05, 0) is 32.0 Å². The topological polar surface area (TPSA) is 62.3 Å². The third-order valence-corrected chi connectivity index (χ3v) is 4.75. The fraction of sp³-hybridized carbons (Fsp3) is 0.579. The Morgan fingerprint density at radius 2 is 1.62 bits per heavy atom. The maximum atomic E-state index is 12.6. The minimum absolute atomic E-state index is 0.0365. The number of nitrogens with zero attached hydrogens (tertiary/aromatic N) is 3. The third kappa shape index (κ3) is 4.66. The fourth-order valence-electron chi connectivity index (χ4n) is 3.10. The van der Waals surface area contributed by atoms with Gasteiger partial charge in [-0.1, -0.05) is 0 Å². The van der Waals surface area contributed by atoms with E-state index in [1.54, 1.807) is 32.4 Å². The minimum Gasteiger partial charge on any atom is -0.493 e. The van der Waals surface area contributed by atoms with Crippen molar-refractivity contribution >= 4 is 11.8 Å². The third-order valence-electron chi connectivity index (χ3n) is 4.75. The van der Waals surface area contributed by atoms with Crippen LogP contribution in [0.3, 0.4) is 0 Å². The SMILES string of the molecule is CCN(CC)C(=O)N1CCN(CC(=O)c2ccc(OC)c(OC)c2)CC1. The van der Waals surface area contributed by atoms with Crippen LogP contribution in [0.4, 0.5) is 4.79 Å². The zero-order valence-electron chi connectivity index (χ0n) is 16.2. The summed E-state index contributed by atoms with van der Waals surface area (Å²) >= 11 is 0. The number of benzene rings is 1. The maximum absolute atomic E-state index is 12.6. The number of rotatable bonds is 7. The second-order valence-corrected chi connectivity index (χ2v) is 6.21. The van der Waals surface area contributed by atoms with E-state index in [1.807, 2.05) is 23.6 Å². The molecule has 7 heteroatoms. The summed E-state index contributed by atoms with van der Waals surface area (Å²) in [6.07, 6.45) is 0. The minimum atomic E-state index is 0.0365. The van der Waals surface area contributed by atoms with Crippen molar-refractivity contribution in [1.29, 1.82) is 0 Å². The van der Waals surface area contributed by atoms with Gasteiger partial charge < -0.3 is 19.3 Å². The van der Waals surface area contributed by atoms with Crippen LogP contribution in [0.2, 0.25) is 0 Å². The Bertz CT molecular complexity index is 623. The van der Waals surface area contributed by atoms with E-state index in [9.17, 15) is 9.59 Å². The lowest BCUT2D eigenvalue weighted by Gasteiger charge is -2.36. The van der Waals surface area contributed by atoms with Crippen LogP contribution in [0.1, 0.15) is 24.2 Å². The van der Waals surface area contributed by atoms with E-state index in [0.717, 1.165) is 0 Å². The Balaban J connectivity index is 1.91. The van der Waals surface area contributed by atoms with E-state index >= 15 is 0 Å². The molecule has 1 aromatic carbocycles. The highest BCUT2D eigenvalue weighted by Gasteiger charge is 2.25. The molecule has 0 N–H and O–H groups in total. The molecule has 0 bridgehead atoms. The normalized spacial score (nSPS) is 14.8. The zero-order valence-corrected chi connectivity index (χ0v) is 16.2. The molecule has 0 saturated carbocycles. The molecule has 0 aromatic heterocycles. The van der Waals surface area contributed by atoms with Crippen LogP contribution < -0.4 is 9.47 Å². The molecule has 0 unspecified atom stereocenters. The molecule has 1 heterocycles. The Morgan fingerprint density at radius 3 is 2.15 bits per heavy atom. The summed E-state index contributed by atoms with van der Waals surface area (Å²) in [6, 6.07) is 5.29. The second kappa shape index (κ2) is 9.43. The van der Waals surface area contributed by atoms with Crippen LogP contribution in [0.25, 0.3) is 0 Å². The molecule has 7 nitrogen and oxygen atoms in total. The fourth-order valence-corrected chi connectivity index (χ4v) is 3.10. The summed E-state index contributed by atoms with van der Waals surface area (Å²) in [7, 11) is 3.12. The molecule has 1 aliphatic rings. The molecule has 1 saturated heterocycles. The van der Waals surface area contributed by atoms with Crippen LogP contribution in [-0.4, -0.2) is 86.5 Å². The quantitative estimate of drug-likeness (QED) is 0.693. The van der Waals surface area contributed by atoms with Crippen molar-refractivity contribution in [3.8, 4) is 11.5 Å². The van der Waals surface area contributed by atoms with E-state index in [2.05, 4.69) is 4.90 Å². The first kappa shape index (κ1) is 20.0. The number of ether oxygens (including phenoxy) is 2. The van der Waals surface area contributed by atoms with Crippen molar-refractivity contribution in [3.63, 3.8) is 0 Å². The van der Waals surface area contributed by atoms with Crippen molar-refractivity contribution in [2.75, 3.05) is 60.0 Å². The lowest BCUT2D eigenvalue weighted by molar-refractivity contribution is 0.0853. The van der Waals surface area contributed by atoms with Gasteiger partial charge in [0.15, 0.2) is 17.3 Å². The lowest BCUT2D eigenvalue weighted by atomic mass is 10.1. The van der Waals surface area contributed by atoms with Crippen LogP contribution >= 0.6 is 0 Å². The van der Waals surface area contributed by atoms with Gasteiger partial charge in [-0.25, -0.2) is 4.79 Å². The van der Waals surface area contributed by atoms with Gasteiger partial charge >= 0.3 is 6.03 Å². The van der Waals surface area contributed by atoms with Crippen molar-refractivity contribution in [3.05, 3.63) is 23.8 Å². The number of hydrogen-bond acceptors (Lipinski definition) is 5. The van der Waals surface area contributed by atoms with E-state index in [-0.39, 0.29) is 11.8 Å². The smallest absolute Gasteiger partial charge is 0.320 e. The summed E-state index contributed by atoms with van der Waals surface area (Å²) in [5.41, 5.74) is 0.601. The average Bonchev–Trinajstić information content (AvgIpc) is 2.68. The van der Waals surface area contributed by atoms with E-state index in [1.165, 1.54) is 0 Å². The molecule has 0 radical (unpaired) electrons. The van der Waals surface area contributed by atoms with Gasteiger partial charge in [-0.15, -0.1) is 0 Å². The Kier molecular flexibility index (Phi) is 7.26. The Morgan fingerprint density at radius 1 is 1.00 bits per heavy atom. The van der Waals surface area contributed by atoms with Crippen molar-refractivity contribution in [2.24, 2.45) is 0 Å². The molecule has 0 atom stereocenters. The van der Waals surface area contributed by atoms with Crippen molar-refractivity contribution < 1.29 is 19.1 Å². The largest absolute Gasteiger partial charge is 0.493 e. The van der Waals surface area contributed by atoms with Gasteiger partial charge in [0.2, 0.25) is 0 Å². The number of urea groups is 1. The second-order valence-electron chi connectivity index (χ2n) is 6.21. The van der Waals surface area contributed by atoms with Gasteiger partial charge in [0, 0.05) is 44.8 Å². The molecule has 1 aromatic rings. The predicted molar refractivity (Wildman–Crippen MR) is 100 cm³/mol. The van der Waals surface area contributed by atoms with Gasteiger partial charge in [0.1, 0.15) is 0 Å². The lowest BCUT2D eigenvalue weighted by Crippen LogP contribution is -2.53. The highest BCUT2D eigenvalue weighted by atomic mass is 16.5. The number of ketones is 1. The molecule has 26 heavy (non-hydrogen) atoms. The van der Waals surface area contributed by atoms with E-state index in [0.29, 0.717) is 62.9 Å². The molecule has 1 aliphatic heterocycles. The van der Waals surface area contributed by atoms with E-state index in [4.69, 9.17) is 9.47 Å². The van der Waals surface area contributed by atoms with Gasteiger partial charge in [0.25, 0.3) is 0 Å². The van der Waals surface area contributed by atoms with E-state index < -0.39 is 0 Å². The maximum Gasteiger partial charge on any atom is 0.320 e. The number of Topliss-reactive ketones (excluding diaryl/α,β-unsaturated/α-hetero) is 1. The monoisotopic (exact) mass is 363 g/mol. The number of amides is 2. The van der Waals surface area contributed by atoms with Gasteiger partial charge in [-0.3, -0.25) is 9.69 Å². The van der Waals surface area contributed by atoms with Crippen molar-refractivity contribution in [1.82, 2.24) is 14.7 Å². The average molecular weight is 363 g/mol. The molecular formula is C19H29N3O4. The highest BCUT2D eigenvalue weighted by Crippen LogP contribution is 2.27. The molecule has 2 amide bonds. The van der Waals surface area contributed by atoms with Crippen molar-refractivity contribution in [2.45, 2.75) is 13.8 Å². The molecule has 2 rings (SSSR count). The Labute approximate surface area is 155 Å². The molecular weight excluding hydrogens is 334 g/mol. The number of carbonyl (C=O) groups is 2. The van der Waals surface area contributed by atoms with Crippen LogP contribution in [0.15, 0.2) is 18.2 Å². The zero-order chi connectivity index (χ0) is 19.1. The molecule has 144 valence electrons. The molecule has 0 aliphatic carbocycles. The summed E-state index contributed by atoms with van der Waals surface area (Å²) in [5.74, 6) is 1.19. The summed E-state index contributed by atoms with van der Waals surface area (Å²) in [5, 5.41) is 0. The van der Waals surface area contributed by atoms with Gasteiger partial charge in [0.05, 0.1) is 20.8 Å². The van der Waals surface area contributed by atoms with Crippen LogP contribution in [0, 0.1) is 0 Å². The summed E-state index contributed by atoms with van der Waals surface area (Å²) < 4.78 is 10.5. The summed E-state index contributed by atoms with van der Waals surface area (Å²) in [4.78, 5) is 30.7. The van der Waals surface area contributed by atoms with Gasteiger partial charge in [-0.2, -0.15) is 0 Å².